The highest BCUT2D eigenvalue weighted by atomic mass is 19.1. The van der Waals surface area contributed by atoms with Crippen LogP contribution in [0.2, 0.25) is 0 Å². The second kappa shape index (κ2) is 6.30. The largest absolute Gasteiger partial charge is 0.393 e. The van der Waals surface area contributed by atoms with Crippen LogP contribution < -0.4 is 0 Å². The van der Waals surface area contributed by atoms with Crippen LogP contribution in [0, 0.1) is 22.6 Å². The third-order valence-electron chi connectivity index (χ3n) is 7.23. The lowest BCUT2D eigenvalue weighted by Gasteiger charge is -2.45. The Morgan fingerprint density at radius 3 is 2.59 bits per heavy atom. The van der Waals surface area contributed by atoms with Crippen LogP contribution in [0.4, 0.5) is 4.39 Å². The average Bonchev–Trinajstić information content (AvgIpc) is 3.12. The van der Waals surface area contributed by atoms with Gasteiger partial charge in [-0.2, -0.15) is 5.10 Å². The Bertz CT molecular complexity index is 882. The van der Waals surface area contributed by atoms with Crippen molar-refractivity contribution in [2.75, 3.05) is 0 Å². The van der Waals surface area contributed by atoms with Crippen LogP contribution in [0.25, 0.3) is 11.8 Å². The Hall–Kier alpha value is -1.94. The normalized spacial score (nSPS) is 28.0. The second-order valence-electron chi connectivity index (χ2n) is 9.20. The number of halogens is 1. The molecule has 1 aromatic heterocycles. The lowest BCUT2D eigenvalue weighted by Crippen LogP contribution is -2.40. The van der Waals surface area contributed by atoms with Crippen molar-refractivity contribution in [1.82, 2.24) is 9.78 Å². The van der Waals surface area contributed by atoms with E-state index in [1.165, 1.54) is 23.3 Å². The second-order valence-corrected chi connectivity index (χ2v) is 9.20. The van der Waals surface area contributed by atoms with Crippen LogP contribution in [0.5, 0.6) is 0 Å². The molecule has 0 bridgehead atoms. The number of benzene rings is 1. The van der Waals surface area contributed by atoms with Crippen molar-refractivity contribution in [2.45, 2.75) is 59.5 Å². The molecular formula is C23H29FN2O. The van der Waals surface area contributed by atoms with E-state index in [0.717, 1.165) is 37.1 Å². The highest BCUT2D eigenvalue weighted by Gasteiger charge is 2.53. The first-order chi connectivity index (χ1) is 12.7. The lowest BCUT2D eigenvalue weighted by molar-refractivity contribution is 0.0244. The van der Waals surface area contributed by atoms with Gasteiger partial charge in [0.1, 0.15) is 5.82 Å². The van der Waals surface area contributed by atoms with Crippen molar-refractivity contribution in [1.29, 1.82) is 0 Å². The van der Waals surface area contributed by atoms with Gasteiger partial charge in [-0.3, -0.25) is 0 Å². The summed E-state index contributed by atoms with van der Waals surface area (Å²) in [7, 11) is 0. The minimum Gasteiger partial charge on any atom is -0.393 e. The minimum absolute atomic E-state index is 0.0481. The standard InChI is InChI=1S/C23H29FN2O/c1-15(2)21(27)13-22(3)10-9-17-11-20-16(12-23(17,22)4)14-25-26(20)19-7-5-18(24)6-8-19/h5-8,11,14-15,21,27H,9-10,12-13H2,1-4H3/t21?,22-,23-/m0/s1. The Morgan fingerprint density at radius 1 is 1.22 bits per heavy atom. The van der Waals surface area contributed by atoms with E-state index in [-0.39, 0.29) is 28.7 Å². The van der Waals surface area contributed by atoms with Gasteiger partial charge in [-0.1, -0.05) is 33.3 Å². The molecule has 27 heavy (non-hydrogen) atoms. The summed E-state index contributed by atoms with van der Waals surface area (Å²) >= 11 is 0. The van der Waals surface area contributed by atoms with E-state index in [0.29, 0.717) is 0 Å². The fourth-order valence-corrected chi connectivity index (χ4v) is 4.95. The predicted molar refractivity (Wildman–Crippen MR) is 106 cm³/mol. The fraction of sp³-hybridized carbons (Fsp3) is 0.522. The van der Waals surface area contributed by atoms with E-state index in [1.54, 1.807) is 12.1 Å². The minimum atomic E-state index is -0.269. The molecule has 1 fully saturated rings. The third kappa shape index (κ3) is 2.85. The number of hydrogen-bond donors (Lipinski definition) is 1. The van der Waals surface area contributed by atoms with Gasteiger partial charge in [0.15, 0.2) is 0 Å². The summed E-state index contributed by atoms with van der Waals surface area (Å²) in [4.78, 5) is 0. The molecule has 1 N–H and O–H groups in total. The fourth-order valence-electron chi connectivity index (χ4n) is 4.95. The van der Waals surface area contributed by atoms with Gasteiger partial charge >= 0.3 is 0 Å². The Kier molecular flexibility index (Phi) is 4.30. The highest BCUT2D eigenvalue weighted by molar-refractivity contribution is 5.62. The number of allylic oxidation sites excluding steroid dienone is 1. The lowest BCUT2D eigenvalue weighted by atomic mass is 9.59. The Labute approximate surface area is 160 Å². The van der Waals surface area contributed by atoms with Gasteiger partial charge in [-0.25, -0.2) is 9.07 Å². The molecule has 1 heterocycles. The summed E-state index contributed by atoms with van der Waals surface area (Å²) in [5.74, 6) is 0.0415. The van der Waals surface area contributed by atoms with Crippen LogP contribution in [-0.4, -0.2) is 21.0 Å². The maximum Gasteiger partial charge on any atom is 0.123 e. The number of aromatic nitrogens is 2. The number of rotatable bonds is 4. The smallest absolute Gasteiger partial charge is 0.123 e. The molecule has 0 amide bonds. The molecule has 2 aliphatic carbocycles. The summed E-state index contributed by atoms with van der Waals surface area (Å²) < 4.78 is 15.2. The first-order valence-electron chi connectivity index (χ1n) is 9.95. The average molecular weight is 368 g/mol. The van der Waals surface area contributed by atoms with Crippen molar-refractivity contribution in [3.63, 3.8) is 0 Å². The molecule has 3 nitrogen and oxygen atoms in total. The SMILES string of the molecule is CC(C)C(O)C[C@]1(C)CCC2=Cc3c(cnn3-c3ccc(F)cc3)C[C@@]21C. The molecule has 2 aliphatic rings. The summed E-state index contributed by atoms with van der Waals surface area (Å²) in [6.45, 7) is 8.88. The topological polar surface area (TPSA) is 38.1 Å². The molecule has 0 saturated heterocycles. The van der Waals surface area contributed by atoms with Crippen molar-refractivity contribution >= 4 is 6.08 Å². The zero-order chi connectivity index (χ0) is 19.4. The first-order valence-corrected chi connectivity index (χ1v) is 9.95. The van der Waals surface area contributed by atoms with Gasteiger partial charge in [0.25, 0.3) is 0 Å². The molecule has 1 aromatic carbocycles. The summed E-state index contributed by atoms with van der Waals surface area (Å²) in [6.07, 6.45) is 7.92. The number of fused-ring (bicyclic) bond motifs is 2. The van der Waals surface area contributed by atoms with Gasteiger partial charge in [0, 0.05) is 0 Å². The molecule has 4 heteroatoms. The highest BCUT2D eigenvalue weighted by Crippen LogP contribution is 2.62. The quantitative estimate of drug-likeness (QED) is 0.809. The van der Waals surface area contributed by atoms with Crippen LogP contribution in [0.15, 0.2) is 36.0 Å². The van der Waals surface area contributed by atoms with E-state index >= 15 is 0 Å². The van der Waals surface area contributed by atoms with Crippen molar-refractivity contribution in [3.05, 3.63) is 53.1 Å². The predicted octanol–water partition coefficient (Wildman–Crippen LogP) is 5.16. The summed E-state index contributed by atoms with van der Waals surface area (Å²) in [6, 6.07) is 6.49. The monoisotopic (exact) mass is 368 g/mol. The van der Waals surface area contributed by atoms with Crippen LogP contribution in [0.1, 0.15) is 58.2 Å². The summed E-state index contributed by atoms with van der Waals surface area (Å²) in [5, 5.41) is 15.2. The van der Waals surface area contributed by atoms with Gasteiger partial charge in [-0.15, -0.1) is 0 Å². The molecule has 0 radical (unpaired) electrons. The van der Waals surface area contributed by atoms with Crippen molar-refractivity contribution in [3.8, 4) is 5.69 Å². The summed E-state index contributed by atoms with van der Waals surface area (Å²) in [5.41, 5.74) is 4.82. The molecular weight excluding hydrogens is 339 g/mol. The Morgan fingerprint density at radius 2 is 1.93 bits per heavy atom. The molecule has 1 unspecified atom stereocenters. The molecule has 4 rings (SSSR count). The zero-order valence-electron chi connectivity index (χ0n) is 16.7. The maximum absolute atomic E-state index is 13.3. The van der Waals surface area contributed by atoms with Crippen molar-refractivity contribution < 1.29 is 9.50 Å². The molecule has 0 aliphatic heterocycles. The molecule has 3 atom stereocenters. The third-order valence-corrected chi connectivity index (χ3v) is 7.23. The van der Waals surface area contributed by atoms with Crippen molar-refractivity contribution in [2.24, 2.45) is 16.7 Å². The van der Waals surface area contributed by atoms with E-state index < -0.39 is 0 Å². The first kappa shape index (κ1) is 18.4. The number of aliphatic hydroxyl groups is 1. The maximum atomic E-state index is 13.3. The van der Waals surface area contributed by atoms with Gasteiger partial charge in [-0.05, 0) is 78.3 Å². The van der Waals surface area contributed by atoms with Gasteiger partial charge in [0.2, 0.25) is 0 Å². The van der Waals surface area contributed by atoms with E-state index in [2.05, 4.69) is 38.9 Å². The van der Waals surface area contributed by atoms with E-state index in [1.807, 2.05) is 10.9 Å². The molecule has 2 aromatic rings. The van der Waals surface area contributed by atoms with Gasteiger partial charge < -0.3 is 5.11 Å². The number of hydrogen-bond acceptors (Lipinski definition) is 2. The van der Waals surface area contributed by atoms with E-state index in [9.17, 15) is 9.50 Å². The molecule has 0 spiro atoms. The van der Waals surface area contributed by atoms with Crippen LogP contribution >= 0.6 is 0 Å². The Balaban J connectivity index is 1.70. The number of nitrogens with zero attached hydrogens (tertiary/aromatic N) is 2. The van der Waals surface area contributed by atoms with Crippen LogP contribution in [-0.2, 0) is 6.42 Å². The molecule has 144 valence electrons. The number of aliphatic hydroxyl groups excluding tert-OH is 1. The van der Waals surface area contributed by atoms with Crippen LogP contribution in [0.3, 0.4) is 0 Å². The molecule has 1 saturated carbocycles. The zero-order valence-corrected chi connectivity index (χ0v) is 16.7. The van der Waals surface area contributed by atoms with Gasteiger partial charge in [0.05, 0.1) is 23.7 Å². The van der Waals surface area contributed by atoms with E-state index in [4.69, 9.17) is 0 Å².